The summed E-state index contributed by atoms with van der Waals surface area (Å²) < 4.78 is 1.11. The standard InChI is InChI=1S/C15H14ClNS2/c1-3-10(2)19-15-13(8-17)14(9-18-15)11-4-6-12(16)7-5-11/h4-7,9-10H,3H2,1-2H3. The SMILES string of the molecule is CCC(C)Sc1scc(-c2ccc(Cl)cc2)c1C#N. The lowest BCUT2D eigenvalue weighted by Gasteiger charge is -2.06. The lowest BCUT2D eigenvalue weighted by atomic mass is 10.1. The van der Waals surface area contributed by atoms with Gasteiger partial charge in [-0.25, -0.2) is 0 Å². The Bertz CT molecular complexity index is 596. The fourth-order valence-electron chi connectivity index (χ4n) is 1.64. The van der Waals surface area contributed by atoms with Crippen molar-refractivity contribution in [1.82, 2.24) is 0 Å². The van der Waals surface area contributed by atoms with Crippen LogP contribution in [0.15, 0.2) is 33.9 Å². The fraction of sp³-hybridized carbons (Fsp3) is 0.267. The maximum atomic E-state index is 9.41. The molecule has 0 radical (unpaired) electrons. The number of nitriles is 1. The number of rotatable bonds is 4. The van der Waals surface area contributed by atoms with Gasteiger partial charge in [-0.05, 0) is 24.1 Å². The molecular formula is C15H14ClNS2. The van der Waals surface area contributed by atoms with Crippen LogP contribution >= 0.6 is 34.7 Å². The number of halogens is 1. The molecule has 2 aromatic rings. The molecule has 1 atom stereocenters. The predicted molar refractivity (Wildman–Crippen MR) is 85.1 cm³/mol. The summed E-state index contributed by atoms with van der Waals surface area (Å²) in [6, 6.07) is 9.98. The van der Waals surface area contributed by atoms with Crippen LogP contribution < -0.4 is 0 Å². The first-order chi connectivity index (χ1) is 9.15. The van der Waals surface area contributed by atoms with E-state index in [2.05, 4.69) is 25.3 Å². The molecule has 0 N–H and O–H groups in total. The van der Waals surface area contributed by atoms with Gasteiger partial charge in [0.2, 0.25) is 0 Å². The summed E-state index contributed by atoms with van der Waals surface area (Å²) in [5, 5.41) is 12.7. The lowest BCUT2D eigenvalue weighted by molar-refractivity contribution is 0.907. The highest BCUT2D eigenvalue weighted by atomic mass is 35.5. The third kappa shape index (κ3) is 3.33. The fourth-order valence-corrected chi connectivity index (χ4v) is 4.18. The summed E-state index contributed by atoms with van der Waals surface area (Å²) in [6.45, 7) is 4.35. The second-order valence-corrected chi connectivity index (χ2v) is 7.29. The lowest BCUT2D eigenvalue weighted by Crippen LogP contribution is -1.91. The molecule has 0 saturated carbocycles. The molecule has 1 unspecified atom stereocenters. The molecule has 1 aromatic heterocycles. The Balaban J connectivity index is 2.37. The van der Waals surface area contributed by atoms with Crippen LogP contribution in [0.1, 0.15) is 25.8 Å². The third-order valence-corrected chi connectivity index (χ3v) is 5.66. The van der Waals surface area contributed by atoms with E-state index in [1.54, 1.807) is 23.1 Å². The molecule has 0 saturated heterocycles. The van der Waals surface area contributed by atoms with E-state index in [9.17, 15) is 5.26 Å². The Hall–Kier alpha value is -0.950. The molecule has 0 bridgehead atoms. The largest absolute Gasteiger partial charge is 0.192 e. The maximum Gasteiger partial charge on any atom is 0.102 e. The Morgan fingerprint density at radius 3 is 2.63 bits per heavy atom. The van der Waals surface area contributed by atoms with Crippen molar-refractivity contribution in [2.75, 3.05) is 0 Å². The number of hydrogen-bond donors (Lipinski definition) is 0. The summed E-state index contributed by atoms with van der Waals surface area (Å²) in [7, 11) is 0. The van der Waals surface area contributed by atoms with Crippen molar-refractivity contribution in [2.45, 2.75) is 29.7 Å². The van der Waals surface area contributed by atoms with Crippen molar-refractivity contribution in [1.29, 1.82) is 5.26 Å². The van der Waals surface area contributed by atoms with Crippen LogP contribution in [0.25, 0.3) is 11.1 Å². The minimum Gasteiger partial charge on any atom is -0.192 e. The van der Waals surface area contributed by atoms with Gasteiger partial charge in [0.05, 0.1) is 9.77 Å². The van der Waals surface area contributed by atoms with Crippen LogP contribution in [-0.4, -0.2) is 5.25 Å². The van der Waals surface area contributed by atoms with Gasteiger partial charge in [-0.3, -0.25) is 0 Å². The van der Waals surface area contributed by atoms with Crippen molar-refractivity contribution in [3.05, 3.63) is 40.2 Å². The summed E-state index contributed by atoms with van der Waals surface area (Å²) in [6.07, 6.45) is 1.10. The Kier molecular flexibility index (Phi) is 4.93. The zero-order valence-electron chi connectivity index (χ0n) is 10.8. The Morgan fingerprint density at radius 2 is 2.05 bits per heavy atom. The Labute approximate surface area is 127 Å². The highest BCUT2D eigenvalue weighted by Crippen LogP contribution is 2.39. The van der Waals surface area contributed by atoms with Gasteiger partial charge in [-0.1, -0.05) is 37.6 Å². The summed E-state index contributed by atoms with van der Waals surface area (Å²) in [4.78, 5) is 0. The first-order valence-corrected chi connectivity index (χ1v) is 8.23. The molecule has 1 heterocycles. The second-order valence-electron chi connectivity index (χ2n) is 4.27. The van der Waals surface area contributed by atoms with Gasteiger partial charge in [0, 0.05) is 21.2 Å². The molecule has 0 aliphatic rings. The molecule has 98 valence electrons. The van der Waals surface area contributed by atoms with E-state index >= 15 is 0 Å². The molecule has 0 aliphatic heterocycles. The maximum absolute atomic E-state index is 9.41. The quantitative estimate of drug-likeness (QED) is 0.663. The van der Waals surface area contributed by atoms with Crippen LogP contribution in [0, 0.1) is 11.3 Å². The van der Waals surface area contributed by atoms with E-state index in [4.69, 9.17) is 11.6 Å². The normalized spacial score (nSPS) is 12.1. The van der Waals surface area contributed by atoms with Gasteiger partial charge in [-0.15, -0.1) is 23.1 Å². The highest BCUT2D eigenvalue weighted by Gasteiger charge is 2.15. The van der Waals surface area contributed by atoms with Crippen molar-refractivity contribution >= 4 is 34.7 Å². The molecule has 0 spiro atoms. The van der Waals surface area contributed by atoms with Crippen molar-refractivity contribution < 1.29 is 0 Å². The first-order valence-electron chi connectivity index (χ1n) is 6.09. The average Bonchev–Trinajstić information content (AvgIpc) is 2.82. The van der Waals surface area contributed by atoms with E-state index in [1.807, 2.05) is 24.3 Å². The first kappa shape index (κ1) is 14.5. The summed E-state index contributed by atoms with van der Waals surface area (Å²) in [5.41, 5.74) is 2.85. The van der Waals surface area contributed by atoms with E-state index in [0.717, 1.165) is 27.3 Å². The number of nitrogens with zero attached hydrogens (tertiary/aromatic N) is 1. The molecule has 4 heteroatoms. The third-order valence-electron chi connectivity index (χ3n) is 2.91. The van der Waals surface area contributed by atoms with Gasteiger partial charge in [-0.2, -0.15) is 5.26 Å². The van der Waals surface area contributed by atoms with Gasteiger partial charge in [0.25, 0.3) is 0 Å². The van der Waals surface area contributed by atoms with Crippen LogP contribution in [-0.2, 0) is 0 Å². The van der Waals surface area contributed by atoms with E-state index in [-0.39, 0.29) is 0 Å². The molecule has 1 nitrogen and oxygen atoms in total. The minimum absolute atomic E-state index is 0.531. The summed E-state index contributed by atoms with van der Waals surface area (Å²) >= 11 is 9.33. The zero-order valence-corrected chi connectivity index (χ0v) is 13.2. The van der Waals surface area contributed by atoms with E-state index in [1.165, 1.54) is 0 Å². The van der Waals surface area contributed by atoms with E-state index < -0.39 is 0 Å². The molecule has 1 aromatic carbocycles. The van der Waals surface area contributed by atoms with Crippen LogP contribution in [0.4, 0.5) is 0 Å². The molecular weight excluding hydrogens is 294 g/mol. The highest BCUT2D eigenvalue weighted by molar-refractivity contribution is 8.01. The Morgan fingerprint density at radius 1 is 1.37 bits per heavy atom. The van der Waals surface area contributed by atoms with Crippen molar-refractivity contribution in [3.63, 3.8) is 0 Å². The predicted octanol–water partition coefficient (Wildman–Crippen LogP) is 5.83. The molecule has 0 fully saturated rings. The van der Waals surface area contributed by atoms with Gasteiger partial charge in [0.1, 0.15) is 6.07 Å². The van der Waals surface area contributed by atoms with Gasteiger partial charge in [0.15, 0.2) is 0 Å². The van der Waals surface area contributed by atoms with Crippen LogP contribution in [0.5, 0.6) is 0 Å². The van der Waals surface area contributed by atoms with Gasteiger partial charge < -0.3 is 0 Å². The zero-order chi connectivity index (χ0) is 13.8. The van der Waals surface area contributed by atoms with E-state index in [0.29, 0.717) is 10.3 Å². The monoisotopic (exact) mass is 307 g/mol. The van der Waals surface area contributed by atoms with Crippen LogP contribution in [0.3, 0.4) is 0 Å². The second kappa shape index (κ2) is 6.47. The molecule has 2 rings (SSSR count). The van der Waals surface area contributed by atoms with Crippen molar-refractivity contribution in [2.24, 2.45) is 0 Å². The molecule has 19 heavy (non-hydrogen) atoms. The average molecular weight is 308 g/mol. The van der Waals surface area contributed by atoms with Crippen LogP contribution in [0.2, 0.25) is 5.02 Å². The van der Waals surface area contributed by atoms with Crippen molar-refractivity contribution in [3.8, 4) is 17.2 Å². The number of benzene rings is 1. The smallest absolute Gasteiger partial charge is 0.102 e. The van der Waals surface area contributed by atoms with Gasteiger partial charge >= 0.3 is 0 Å². The number of thioether (sulfide) groups is 1. The minimum atomic E-state index is 0.531. The number of hydrogen-bond acceptors (Lipinski definition) is 3. The molecule has 0 amide bonds. The molecule has 0 aliphatic carbocycles. The summed E-state index contributed by atoms with van der Waals surface area (Å²) in [5.74, 6) is 0. The number of thiophene rings is 1. The topological polar surface area (TPSA) is 23.8 Å².